The average Bonchev–Trinajstić information content (AvgIpc) is 1.95. The van der Waals surface area contributed by atoms with Gasteiger partial charge in [-0.15, -0.1) is 0 Å². The Kier molecular flexibility index (Phi) is 2.11. The molecule has 7 heteroatoms. The molecule has 0 saturated carbocycles. The third-order valence-electron chi connectivity index (χ3n) is 1.98. The van der Waals surface area contributed by atoms with Crippen LogP contribution in [0.2, 0.25) is 0 Å². The Morgan fingerprint density at radius 1 is 1.67 bits per heavy atom. The van der Waals surface area contributed by atoms with E-state index in [0.717, 1.165) is 0 Å². The van der Waals surface area contributed by atoms with Crippen molar-refractivity contribution in [3.8, 4) is 0 Å². The Labute approximate surface area is 70.2 Å². The van der Waals surface area contributed by atoms with E-state index in [0.29, 0.717) is 4.31 Å². The summed E-state index contributed by atoms with van der Waals surface area (Å²) in [7, 11) is -4.41. The average molecular weight is 194 g/mol. The van der Waals surface area contributed by atoms with Gasteiger partial charge in [-0.2, -0.15) is 8.42 Å². The number of nitrogens with two attached hydrogens (primary N) is 1. The van der Waals surface area contributed by atoms with E-state index in [9.17, 15) is 13.2 Å². The van der Waals surface area contributed by atoms with Crippen LogP contribution in [0.3, 0.4) is 0 Å². The number of β-lactam (4-membered cyclic amide) rings is 1. The van der Waals surface area contributed by atoms with Crippen LogP contribution in [-0.2, 0) is 15.1 Å². The molecule has 2 atom stereocenters. The summed E-state index contributed by atoms with van der Waals surface area (Å²) in [4.78, 5) is 10.9. The molecule has 1 aliphatic heterocycles. The quantitative estimate of drug-likeness (QED) is 0.415. The minimum Gasteiger partial charge on any atom is -0.328 e. The van der Waals surface area contributed by atoms with Crippen LogP contribution in [0.1, 0.15) is 6.92 Å². The lowest BCUT2D eigenvalue weighted by Gasteiger charge is -2.41. The summed E-state index contributed by atoms with van der Waals surface area (Å²) < 4.78 is 30.1. The standard InChI is InChI=1S/C5H10N2O4S/c1-3-4(2-6)7(5(3)8)12(9,10)11/h3-4H,2,6H2,1H3,(H,9,10,11)/t3-,4+/m0/s1. The third kappa shape index (κ3) is 1.19. The van der Waals surface area contributed by atoms with Crippen LogP contribution in [-0.4, -0.2) is 35.8 Å². The molecule has 1 heterocycles. The van der Waals surface area contributed by atoms with Crippen molar-refractivity contribution < 1.29 is 17.8 Å². The SMILES string of the molecule is C[C@@H]1C(=O)N(S(=O)(=O)O)[C@@H]1CN. The van der Waals surface area contributed by atoms with Gasteiger partial charge < -0.3 is 5.73 Å². The molecular weight excluding hydrogens is 184 g/mol. The topological polar surface area (TPSA) is 101 Å². The summed E-state index contributed by atoms with van der Waals surface area (Å²) in [6.45, 7) is 1.61. The Balaban J connectivity index is 2.88. The van der Waals surface area contributed by atoms with Crippen molar-refractivity contribution in [2.24, 2.45) is 11.7 Å². The molecule has 0 bridgehead atoms. The second kappa shape index (κ2) is 2.68. The molecule has 1 amide bonds. The molecule has 0 aromatic carbocycles. The van der Waals surface area contributed by atoms with Gasteiger partial charge >= 0.3 is 10.3 Å². The first-order valence-electron chi connectivity index (χ1n) is 3.40. The Morgan fingerprint density at radius 3 is 2.42 bits per heavy atom. The van der Waals surface area contributed by atoms with Crippen molar-refractivity contribution in [2.75, 3.05) is 6.54 Å². The molecule has 70 valence electrons. The lowest BCUT2D eigenvalue weighted by Crippen LogP contribution is -2.64. The van der Waals surface area contributed by atoms with Gasteiger partial charge in [0.2, 0.25) is 5.91 Å². The molecule has 1 fully saturated rings. The Bertz CT molecular complexity index is 299. The van der Waals surface area contributed by atoms with Crippen molar-refractivity contribution >= 4 is 16.2 Å². The van der Waals surface area contributed by atoms with Crippen LogP contribution in [0, 0.1) is 5.92 Å². The Hall–Kier alpha value is -0.660. The summed E-state index contributed by atoms with van der Waals surface area (Å²) in [5, 5.41) is 0. The molecule has 3 N–H and O–H groups in total. The van der Waals surface area contributed by atoms with Crippen molar-refractivity contribution in [2.45, 2.75) is 13.0 Å². The smallest absolute Gasteiger partial charge is 0.328 e. The predicted molar refractivity (Wildman–Crippen MR) is 40.4 cm³/mol. The van der Waals surface area contributed by atoms with Crippen LogP contribution in [0.4, 0.5) is 0 Å². The maximum atomic E-state index is 10.9. The summed E-state index contributed by atoms with van der Waals surface area (Å²) in [6, 6.07) is -0.590. The maximum Gasteiger partial charge on any atom is 0.362 e. The first kappa shape index (κ1) is 9.43. The predicted octanol–water partition coefficient (Wildman–Crippen LogP) is -1.41. The summed E-state index contributed by atoms with van der Waals surface area (Å²) in [5.74, 6) is -1.02. The van der Waals surface area contributed by atoms with E-state index < -0.39 is 28.2 Å². The highest BCUT2D eigenvalue weighted by Crippen LogP contribution is 2.27. The van der Waals surface area contributed by atoms with Crippen LogP contribution in [0.15, 0.2) is 0 Å². The monoisotopic (exact) mass is 194 g/mol. The molecular formula is C5H10N2O4S. The first-order chi connectivity index (χ1) is 5.39. The van der Waals surface area contributed by atoms with Crippen LogP contribution in [0.5, 0.6) is 0 Å². The number of nitrogens with zero attached hydrogens (tertiary/aromatic N) is 1. The first-order valence-corrected chi connectivity index (χ1v) is 4.80. The number of amides is 1. The summed E-state index contributed by atoms with van der Waals surface area (Å²) >= 11 is 0. The number of hydrogen-bond acceptors (Lipinski definition) is 4. The fraction of sp³-hybridized carbons (Fsp3) is 0.800. The normalized spacial score (nSPS) is 30.2. The number of carbonyl (C=O) groups excluding carboxylic acids is 1. The van der Waals surface area contributed by atoms with Gasteiger partial charge in [-0.1, -0.05) is 6.92 Å². The second-order valence-electron chi connectivity index (χ2n) is 2.70. The zero-order valence-electron chi connectivity index (χ0n) is 6.47. The minimum absolute atomic E-state index is 0.0344. The van der Waals surface area contributed by atoms with Gasteiger partial charge in [-0.25, -0.2) is 4.31 Å². The highest BCUT2D eigenvalue weighted by molar-refractivity contribution is 7.84. The molecule has 0 spiro atoms. The van der Waals surface area contributed by atoms with E-state index in [4.69, 9.17) is 10.3 Å². The van der Waals surface area contributed by atoms with Gasteiger partial charge in [0.05, 0.1) is 12.0 Å². The lowest BCUT2D eigenvalue weighted by atomic mass is 9.93. The van der Waals surface area contributed by atoms with Crippen LogP contribution in [0.25, 0.3) is 0 Å². The zero-order valence-corrected chi connectivity index (χ0v) is 7.28. The molecule has 1 rings (SSSR count). The second-order valence-corrected chi connectivity index (χ2v) is 3.99. The Morgan fingerprint density at radius 2 is 2.17 bits per heavy atom. The molecule has 0 aromatic rings. The molecule has 1 aliphatic rings. The van der Waals surface area contributed by atoms with Gasteiger partial charge in [0, 0.05) is 6.54 Å². The third-order valence-corrected chi connectivity index (χ3v) is 2.92. The van der Waals surface area contributed by atoms with Gasteiger partial charge in [0.1, 0.15) is 0 Å². The molecule has 1 saturated heterocycles. The van der Waals surface area contributed by atoms with E-state index in [1.54, 1.807) is 6.92 Å². The zero-order chi connectivity index (χ0) is 9.52. The van der Waals surface area contributed by atoms with Crippen molar-refractivity contribution in [1.29, 1.82) is 0 Å². The number of rotatable bonds is 2. The maximum absolute atomic E-state index is 10.9. The summed E-state index contributed by atoms with van der Waals surface area (Å²) in [5.41, 5.74) is 5.20. The van der Waals surface area contributed by atoms with Crippen molar-refractivity contribution in [1.82, 2.24) is 4.31 Å². The van der Waals surface area contributed by atoms with Gasteiger partial charge in [0.15, 0.2) is 0 Å². The molecule has 0 unspecified atom stereocenters. The number of carbonyl (C=O) groups is 1. The van der Waals surface area contributed by atoms with Crippen LogP contribution >= 0.6 is 0 Å². The summed E-state index contributed by atoms with van der Waals surface area (Å²) in [6.07, 6.45) is 0. The van der Waals surface area contributed by atoms with Crippen LogP contribution < -0.4 is 5.73 Å². The van der Waals surface area contributed by atoms with E-state index in [1.165, 1.54) is 0 Å². The van der Waals surface area contributed by atoms with Crippen molar-refractivity contribution in [3.63, 3.8) is 0 Å². The van der Waals surface area contributed by atoms with Crippen molar-refractivity contribution in [3.05, 3.63) is 0 Å². The van der Waals surface area contributed by atoms with Gasteiger partial charge in [0.25, 0.3) is 0 Å². The largest absolute Gasteiger partial charge is 0.362 e. The van der Waals surface area contributed by atoms with E-state index in [1.807, 2.05) is 0 Å². The number of hydrogen-bond donors (Lipinski definition) is 2. The minimum atomic E-state index is -4.41. The van der Waals surface area contributed by atoms with E-state index in [-0.39, 0.29) is 6.54 Å². The fourth-order valence-electron chi connectivity index (χ4n) is 1.23. The van der Waals surface area contributed by atoms with Gasteiger partial charge in [-0.05, 0) is 0 Å². The highest BCUT2D eigenvalue weighted by Gasteiger charge is 2.49. The fourth-order valence-corrected chi connectivity index (χ4v) is 2.24. The molecule has 0 radical (unpaired) electrons. The lowest BCUT2D eigenvalue weighted by molar-refractivity contribution is -0.145. The molecule has 0 aliphatic carbocycles. The van der Waals surface area contributed by atoms with E-state index >= 15 is 0 Å². The molecule has 6 nitrogen and oxygen atoms in total. The molecule has 0 aromatic heterocycles. The highest BCUT2D eigenvalue weighted by atomic mass is 32.2. The van der Waals surface area contributed by atoms with Gasteiger partial charge in [-0.3, -0.25) is 9.35 Å². The molecule has 12 heavy (non-hydrogen) atoms. The van der Waals surface area contributed by atoms with E-state index in [2.05, 4.69) is 0 Å².